The number of nitrogens with zero attached hydrogens (tertiary/aromatic N) is 3. The summed E-state index contributed by atoms with van der Waals surface area (Å²) in [5.41, 5.74) is -1.42. The quantitative estimate of drug-likeness (QED) is 0.555. The first-order valence-corrected chi connectivity index (χ1v) is 10.5. The molecule has 0 saturated carbocycles. The van der Waals surface area contributed by atoms with Crippen molar-refractivity contribution in [3.8, 4) is 5.75 Å². The molecule has 166 valence electrons. The first kappa shape index (κ1) is 21.6. The van der Waals surface area contributed by atoms with Crippen LogP contribution < -0.4 is 15.4 Å². The van der Waals surface area contributed by atoms with E-state index in [1.807, 2.05) is 11.0 Å². The van der Waals surface area contributed by atoms with Gasteiger partial charge in [0.25, 0.3) is 0 Å². The molecule has 31 heavy (non-hydrogen) atoms. The molecule has 0 bridgehead atoms. The van der Waals surface area contributed by atoms with Gasteiger partial charge in [0.05, 0.1) is 30.4 Å². The van der Waals surface area contributed by atoms with Crippen LogP contribution in [-0.4, -0.2) is 71.3 Å². The normalized spacial score (nSPS) is 27.1. The highest BCUT2D eigenvalue weighted by atomic mass is 35.5. The molecular formula is C21H26ClN5O4. The lowest BCUT2D eigenvalue weighted by molar-refractivity contribution is -0.126. The van der Waals surface area contributed by atoms with Crippen molar-refractivity contribution in [2.75, 3.05) is 32.1 Å². The number of rotatable bonds is 3. The van der Waals surface area contributed by atoms with Gasteiger partial charge in [-0.1, -0.05) is 11.6 Å². The van der Waals surface area contributed by atoms with E-state index in [0.717, 1.165) is 0 Å². The van der Waals surface area contributed by atoms with E-state index >= 15 is 0 Å². The van der Waals surface area contributed by atoms with Gasteiger partial charge < -0.3 is 30.5 Å². The maximum Gasteiger partial charge on any atom is 0.240 e. The molecule has 0 spiro atoms. The summed E-state index contributed by atoms with van der Waals surface area (Å²) in [5, 5.41) is 26.3. The molecule has 9 nitrogen and oxygen atoms in total. The monoisotopic (exact) mass is 447 g/mol. The minimum atomic E-state index is -1.07. The lowest BCUT2D eigenvalue weighted by Crippen LogP contribution is -2.58. The SMILES string of the molecule is COc1cc(NC2=NC(N3CCC(O)(CO)CC3)=NC3C=CNC(=O)C23C)ccc1Cl. The van der Waals surface area contributed by atoms with Crippen molar-refractivity contribution in [1.29, 1.82) is 0 Å². The minimum absolute atomic E-state index is 0.205. The number of hydrogen-bond acceptors (Lipinski definition) is 8. The Kier molecular flexibility index (Phi) is 5.67. The van der Waals surface area contributed by atoms with Gasteiger partial charge in [0.1, 0.15) is 17.0 Å². The molecular weight excluding hydrogens is 422 g/mol. The highest BCUT2D eigenvalue weighted by Gasteiger charge is 2.50. The summed E-state index contributed by atoms with van der Waals surface area (Å²) >= 11 is 6.14. The van der Waals surface area contributed by atoms with Gasteiger partial charge in [0.15, 0.2) is 0 Å². The van der Waals surface area contributed by atoms with E-state index in [4.69, 9.17) is 26.3 Å². The third-order valence-electron chi connectivity index (χ3n) is 6.20. The third kappa shape index (κ3) is 3.88. The van der Waals surface area contributed by atoms with Crippen LogP contribution in [0.2, 0.25) is 5.02 Å². The van der Waals surface area contributed by atoms with E-state index in [1.54, 1.807) is 31.3 Å². The van der Waals surface area contributed by atoms with Gasteiger partial charge in [-0.3, -0.25) is 4.79 Å². The Morgan fingerprint density at radius 1 is 1.39 bits per heavy atom. The number of likely N-dealkylation sites (tertiary alicyclic amines) is 1. The third-order valence-corrected chi connectivity index (χ3v) is 6.51. The molecule has 0 aliphatic carbocycles. The summed E-state index contributed by atoms with van der Waals surface area (Å²) in [6.45, 7) is 2.53. The van der Waals surface area contributed by atoms with Crippen molar-refractivity contribution in [1.82, 2.24) is 10.2 Å². The molecule has 3 heterocycles. The Morgan fingerprint density at radius 2 is 2.13 bits per heavy atom. The molecule has 3 aliphatic rings. The van der Waals surface area contributed by atoms with Crippen LogP contribution in [-0.2, 0) is 4.79 Å². The standard InChI is InChI=1S/C21H26ClN5O4/c1-20-16(5-8-23-18(20)29)25-19(27-9-6-21(30,12-28)7-10-27)26-17(20)24-13-3-4-14(22)15(11-13)31-2/h3-5,8,11,16,28,30H,6-7,9-10,12H2,1-2H3,(H,23,29)(H,24,25,26). The summed E-state index contributed by atoms with van der Waals surface area (Å²) in [6.07, 6.45) is 4.26. The van der Waals surface area contributed by atoms with Crippen LogP contribution in [0.3, 0.4) is 0 Å². The number of ether oxygens (including phenoxy) is 1. The summed E-state index contributed by atoms with van der Waals surface area (Å²) in [5.74, 6) is 1.25. The van der Waals surface area contributed by atoms with Crippen molar-refractivity contribution < 1.29 is 19.7 Å². The van der Waals surface area contributed by atoms with Crippen LogP contribution in [0, 0.1) is 5.41 Å². The number of anilines is 1. The first-order valence-electron chi connectivity index (χ1n) is 10.1. The topological polar surface area (TPSA) is 119 Å². The van der Waals surface area contributed by atoms with Gasteiger partial charge in [-0.2, -0.15) is 4.99 Å². The van der Waals surface area contributed by atoms with Gasteiger partial charge in [-0.05, 0) is 38.0 Å². The van der Waals surface area contributed by atoms with E-state index < -0.39 is 17.1 Å². The van der Waals surface area contributed by atoms with Gasteiger partial charge in [0.2, 0.25) is 11.9 Å². The summed E-state index contributed by atoms with van der Waals surface area (Å²) < 4.78 is 5.30. The van der Waals surface area contributed by atoms with Gasteiger partial charge in [0, 0.05) is 31.0 Å². The van der Waals surface area contributed by atoms with E-state index in [9.17, 15) is 15.0 Å². The summed E-state index contributed by atoms with van der Waals surface area (Å²) in [7, 11) is 1.54. The zero-order valence-corrected chi connectivity index (χ0v) is 18.2. The average Bonchev–Trinajstić information content (AvgIpc) is 2.77. The second-order valence-corrected chi connectivity index (χ2v) is 8.62. The molecule has 0 aromatic heterocycles. The lowest BCUT2D eigenvalue weighted by atomic mass is 9.77. The Balaban J connectivity index is 1.67. The Labute approximate surface area is 185 Å². The fourth-order valence-corrected chi connectivity index (χ4v) is 4.14. The van der Waals surface area contributed by atoms with E-state index in [-0.39, 0.29) is 12.5 Å². The zero-order valence-electron chi connectivity index (χ0n) is 17.4. The number of fused-ring (bicyclic) bond motifs is 1. The molecule has 1 aromatic carbocycles. The molecule has 1 aromatic rings. The van der Waals surface area contributed by atoms with Crippen molar-refractivity contribution in [3.63, 3.8) is 0 Å². The number of guanidine groups is 1. The van der Waals surface area contributed by atoms with Gasteiger partial charge in [-0.15, -0.1) is 0 Å². The molecule has 4 rings (SSSR count). The average molecular weight is 448 g/mol. The number of nitrogens with one attached hydrogen (secondary N) is 2. The molecule has 1 saturated heterocycles. The lowest BCUT2D eigenvalue weighted by Gasteiger charge is -2.42. The number of carbonyl (C=O) groups excluding carboxylic acids is 1. The molecule has 1 fully saturated rings. The van der Waals surface area contributed by atoms with Crippen molar-refractivity contribution >= 4 is 35.0 Å². The Hall–Kier alpha value is -2.62. The fraction of sp³-hybridized carbons (Fsp3) is 0.476. The Bertz CT molecular complexity index is 971. The molecule has 3 aliphatic heterocycles. The number of methoxy groups -OCH3 is 1. The number of hydrogen-bond donors (Lipinski definition) is 4. The molecule has 1 amide bonds. The van der Waals surface area contributed by atoms with Crippen LogP contribution >= 0.6 is 11.6 Å². The number of piperidine rings is 1. The van der Waals surface area contributed by atoms with E-state index in [2.05, 4.69) is 10.6 Å². The van der Waals surface area contributed by atoms with Crippen molar-refractivity contribution in [2.24, 2.45) is 15.4 Å². The van der Waals surface area contributed by atoms with Crippen molar-refractivity contribution in [3.05, 3.63) is 35.5 Å². The van der Waals surface area contributed by atoms with Gasteiger partial charge >= 0.3 is 0 Å². The molecule has 4 N–H and O–H groups in total. The number of amidine groups is 1. The summed E-state index contributed by atoms with van der Waals surface area (Å²) in [4.78, 5) is 24.3. The van der Waals surface area contributed by atoms with E-state index in [0.29, 0.717) is 54.2 Å². The molecule has 0 radical (unpaired) electrons. The maximum absolute atomic E-state index is 12.9. The number of aliphatic hydroxyl groups excluding tert-OH is 1. The molecule has 2 atom stereocenters. The Morgan fingerprint density at radius 3 is 2.81 bits per heavy atom. The van der Waals surface area contributed by atoms with Crippen LogP contribution in [0.1, 0.15) is 19.8 Å². The predicted molar refractivity (Wildman–Crippen MR) is 119 cm³/mol. The van der Waals surface area contributed by atoms with Gasteiger partial charge in [-0.25, -0.2) is 4.99 Å². The van der Waals surface area contributed by atoms with E-state index in [1.165, 1.54) is 7.11 Å². The van der Waals surface area contributed by atoms with Crippen LogP contribution in [0.15, 0.2) is 40.5 Å². The second kappa shape index (κ2) is 8.14. The molecule has 10 heteroatoms. The number of carbonyl (C=O) groups is 1. The largest absolute Gasteiger partial charge is 0.495 e. The zero-order chi connectivity index (χ0) is 22.2. The minimum Gasteiger partial charge on any atom is -0.495 e. The fourth-order valence-electron chi connectivity index (χ4n) is 3.95. The summed E-state index contributed by atoms with van der Waals surface area (Å²) in [6, 6.07) is 4.80. The highest BCUT2D eigenvalue weighted by molar-refractivity contribution is 6.32. The number of benzene rings is 1. The smallest absolute Gasteiger partial charge is 0.240 e. The first-order chi connectivity index (χ1) is 14.8. The maximum atomic E-state index is 12.9. The number of amides is 1. The highest BCUT2D eigenvalue weighted by Crippen LogP contribution is 2.36. The number of aliphatic imine (C=N–C) groups is 2. The van der Waals surface area contributed by atoms with Crippen molar-refractivity contribution in [2.45, 2.75) is 31.4 Å². The second-order valence-electron chi connectivity index (χ2n) is 8.21. The molecule has 2 unspecified atom stereocenters. The number of aliphatic hydroxyl groups is 2. The predicted octanol–water partition coefficient (Wildman–Crippen LogP) is 1.37. The van der Waals surface area contributed by atoms with Crippen LogP contribution in [0.25, 0.3) is 0 Å². The van der Waals surface area contributed by atoms with Crippen LogP contribution in [0.5, 0.6) is 5.75 Å². The number of halogens is 1. The van der Waals surface area contributed by atoms with Crippen LogP contribution in [0.4, 0.5) is 5.69 Å².